The third kappa shape index (κ3) is 2.26. The number of carbonyl (C=O) groups is 1. The number of amides is 1. The first-order valence-electron chi connectivity index (χ1n) is 5.67. The van der Waals surface area contributed by atoms with Crippen LogP contribution >= 0.6 is 11.6 Å². The highest BCUT2D eigenvalue weighted by molar-refractivity contribution is 6.33. The summed E-state index contributed by atoms with van der Waals surface area (Å²) in [5, 5.41) is 3.22. The van der Waals surface area contributed by atoms with Crippen LogP contribution in [0.5, 0.6) is 0 Å². The number of aromatic nitrogens is 4. The van der Waals surface area contributed by atoms with Crippen LogP contribution in [-0.2, 0) is 0 Å². The number of hydrogen-bond acceptors (Lipinski definition) is 5. The number of H-pyrrole nitrogens is 1. The molecule has 1 amide bonds. The summed E-state index contributed by atoms with van der Waals surface area (Å²) in [6.45, 7) is 0. The number of anilines is 2. The zero-order valence-electron chi connectivity index (χ0n) is 10.1. The van der Waals surface area contributed by atoms with Gasteiger partial charge in [0.15, 0.2) is 10.8 Å². The normalized spacial score (nSPS) is 10.7. The minimum atomic E-state index is -0.504. The van der Waals surface area contributed by atoms with Crippen molar-refractivity contribution in [2.45, 2.75) is 0 Å². The van der Waals surface area contributed by atoms with Crippen LogP contribution in [0, 0.1) is 0 Å². The molecule has 4 N–H and O–H groups in total. The number of halogens is 1. The average Bonchev–Trinajstić information content (AvgIpc) is 2.88. The number of nitrogens with one attached hydrogen (secondary N) is 2. The van der Waals surface area contributed by atoms with Crippen LogP contribution in [-0.4, -0.2) is 25.8 Å². The first-order valence-corrected chi connectivity index (χ1v) is 6.05. The second-order valence-corrected chi connectivity index (χ2v) is 4.37. The molecule has 0 fully saturated rings. The molecule has 0 bridgehead atoms. The van der Waals surface area contributed by atoms with Crippen molar-refractivity contribution < 1.29 is 4.79 Å². The molecule has 0 saturated heterocycles. The second kappa shape index (κ2) is 4.78. The molecule has 20 heavy (non-hydrogen) atoms. The smallest absolute Gasteiger partial charge is 0.248 e. The van der Waals surface area contributed by atoms with Gasteiger partial charge in [0.05, 0.1) is 6.33 Å². The van der Waals surface area contributed by atoms with Gasteiger partial charge < -0.3 is 16.0 Å². The Kier molecular flexibility index (Phi) is 2.96. The molecule has 3 aromatic rings. The Balaban J connectivity index is 1.96. The number of aromatic amines is 1. The van der Waals surface area contributed by atoms with Crippen molar-refractivity contribution in [1.82, 2.24) is 19.9 Å². The Bertz CT molecular complexity index is 799. The Hall–Kier alpha value is -2.67. The molecule has 0 aliphatic carbocycles. The van der Waals surface area contributed by atoms with Gasteiger partial charge in [0.25, 0.3) is 0 Å². The molecule has 0 atom stereocenters. The maximum Gasteiger partial charge on any atom is 0.248 e. The molecule has 0 saturated carbocycles. The SMILES string of the molecule is NC(=O)c1cccc(Nc2nc(Cl)c3[nH]cnc3n2)c1. The number of benzene rings is 1. The minimum absolute atomic E-state index is 0.265. The summed E-state index contributed by atoms with van der Waals surface area (Å²) in [5.41, 5.74) is 7.28. The molecule has 100 valence electrons. The Morgan fingerprint density at radius 3 is 3.00 bits per heavy atom. The van der Waals surface area contributed by atoms with Crippen molar-refractivity contribution in [3.63, 3.8) is 0 Å². The van der Waals surface area contributed by atoms with Gasteiger partial charge in [-0.3, -0.25) is 4.79 Å². The molecule has 0 radical (unpaired) electrons. The molecule has 0 aliphatic heterocycles. The van der Waals surface area contributed by atoms with Gasteiger partial charge in [-0.05, 0) is 18.2 Å². The highest BCUT2D eigenvalue weighted by Crippen LogP contribution is 2.21. The molecule has 7 nitrogen and oxygen atoms in total. The summed E-state index contributed by atoms with van der Waals surface area (Å²) in [4.78, 5) is 26.3. The molecular weight excluding hydrogens is 280 g/mol. The fourth-order valence-corrected chi connectivity index (χ4v) is 1.95. The number of fused-ring (bicyclic) bond motifs is 1. The van der Waals surface area contributed by atoms with E-state index in [0.29, 0.717) is 22.4 Å². The Morgan fingerprint density at radius 2 is 2.20 bits per heavy atom. The molecule has 2 aromatic heterocycles. The number of rotatable bonds is 3. The van der Waals surface area contributed by atoms with E-state index in [1.54, 1.807) is 24.3 Å². The summed E-state index contributed by atoms with van der Waals surface area (Å²) in [5.74, 6) is -0.216. The van der Waals surface area contributed by atoms with Crippen LogP contribution in [0.3, 0.4) is 0 Å². The van der Waals surface area contributed by atoms with Crippen molar-refractivity contribution >= 4 is 40.3 Å². The third-order valence-corrected chi connectivity index (χ3v) is 2.92. The van der Waals surface area contributed by atoms with Crippen LogP contribution in [0.25, 0.3) is 11.2 Å². The molecule has 0 unspecified atom stereocenters. The average molecular weight is 289 g/mol. The molecule has 0 spiro atoms. The molecule has 8 heteroatoms. The van der Waals surface area contributed by atoms with Gasteiger partial charge in [0.1, 0.15) is 5.52 Å². The number of nitrogens with two attached hydrogens (primary N) is 1. The summed E-state index contributed by atoms with van der Waals surface area (Å²) < 4.78 is 0. The molecular formula is C12H9ClN6O. The standard InChI is InChI=1S/C12H9ClN6O/c13-9-8-11(16-5-15-8)19-12(18-9)17-7-3-1-2-6(4-7)10(14)20/h1-5H,(H2,14,20)(H2,15,16,17,18,19). The number of hydrogen-bond donors (Lipinski definition) is 3. The first-order chi connectivity index (χ1) is 9.63. The lowest BCUT2D eigenvalue weighted by Gasteiger charge is -2.06. The van der Waals surface area contributed by atoms with E-state index >= 15 is 0 Å². The van der Waals surface area contributed by atoms with E-state index in [1.165, 1.54) is 6.33 Å². The van der Waals surface area contributed by atoms with Gasteiger partial charge in [0.2, 0.25) is 11.9 Å². The van der Waals surface area contributed by atoms with E-state index in [1.807, 2.05) is 0 Å². The zero-order valence-corrected chi connectivity index (χ0v) is 10.8. The lowest BCUT2D eigenvalue weighted by Crippen LogP contribution is -2.11. The number of nitrogens with zero attached hydrogens (tertiary/aromatic N) is 3. The monoisotopic (exact) mass is 288 g/mol. The van der Waals surface area contributed by atoms with E-state index in [4.69, 9.17) is 17.3 Å². The quantitative estimate of drug-likeness (QED) is 0.637. The lowest BCUT2D eigenvalue weighted by molar-refractivity contribution is 0.100. The van der Waals surface area contributed by atoms with E-state index in [2.05, 4.69) is 25.3 Å². The highest BCUT2D eigenvalue weighted by atomic mass is 35.5. The molecule has 1 aromatic carbocycles. The van der Waals surface area contributed by atoms with E-state index in [0.717, 1.165) is 0 Å². The summed E-state index contributed by atoms with van der Waals surface area (Å²) in [6.07, 6.45) is 1.49. The first kappa shape index (κ1) is 12.4. The second-order valence-electron chi connectivity index (χ2n) is 4.01. The van der Waals surface area contributed by atoms with Gasteiger partial charge in [-0.25, -0.2) is 4.98 Å². The fraction of sp³-hybridized carbons (Fsp3) is 0. The lowest BCUT2D eigenvalue weighted by atomic mass is 10.2. The van der Waals surface area contributed by atoms with Crippen LogP contribution < -0.4 is 11.1 Å². The predicted molar refractivity (Wildman–Crippen MR) is 74.9 cm³/mol. The predicted octanol–water partition coefficient (Wildman–Crippen LogP) is 1.85. The van der Waals surface area contributed by atoms with E-state index in [-0.39, 0.29) is 11.1 Å². The Morgan fingerprint density at radius 1 is 1.35 bits per heavy atom. The van der Waals surface area contributed by atoms with Gasteiger partial charge in [0, 0.05) is 11.3 Å². The number of imidazole rings is 1. The summed E-state index contributed by atoms with van der Waals surface area (Å²) in [7, 11) is 0. The van der Waals surface area contributed by atoms with Gasteiger partial charge >= 0.3 is 0 Å². The highest BCUT2D eigenvalue weighted by Gasteiger charge is 2.08. The minimum Gasteiger partial charge on any atom is -0.366 e. The Labute approximate surface area is 118 Å². The van der Waals surface area contributed by atoms with Gasteiger partial charge in [-0.1, -0.05) is 17.7 Å². The van der Waals surface area contributed by atoms with Crippen molar-refractivity contribution in [2.24, 2.45) is 5.73 Å². The zero-order chi connectivity index (χ0) is 14.1. The van der Waals surface area contributed by atoms with E-state index in [9.17, 15) is 4.79 Å². The maximum absolute atomic E-state index is 11.1. The number of carbonyl (C=O) groups excluding carboxylic acids is 1. The van der Waals surface area contributed by atoms with Crippen molar-refractivity contribution in [1.29, 1.82) is 0 Å². The number of primary amides is 1. The van der Waals surface area contributed by atoms with Gasteiger partial charge in [-0.2, -0.15) is 9.97 Å². The van der Waals surface area contributed by atoms with Gasteiger partial charge in [-0.15, -0.1) is 0 Å². The van der Waals surface area contributed by atoms with Crippen LogP contribution in [0.15, 0.2) is 30.6 Å². The molecule has 2 heterocycles. The topological polar surface area (TPSA) is 110 Å². The fourth-order valence-electron chi connectivity index (χ4n) is 1.73. The third-order valence-electron chi connectivity index (χ3n) is 2.64. The van der Waals surface area contributed by atoms with E-state index < -0.39 is 5.91 Å². The van der Waals surface area contributed by atoms with Crippen molar-refractivity contribution in [2.75, 3.05) is 5.32 Å². The van der Waals surface area contributed by atoms with Crippen LogP contribution in [0.4, 0.5) is 11.6 Å². The summed E-state index contributed by atoms with van der Waals surface area (Å²) >= 11 is 6.02. The largest absolute Gasteiger partial charge is 0.366 e. The summed E-state index contributed by atoms with van der Waals surface area (Å²) in [6, 6.07) is 6.70. The maximum atomic E-state index is 11.1. The molecule has 0 aliphatic rings. The van der Waals surface area contributed by atoms with Crippen molar-refractivity contribution in [3.8, 4) is 0 Å². The van der Waals surface area contributed by atoms with Crippen LogP contribution in [0.2, 0.25) is 5.15 Å². The molecule has 3 rings (SSSR count). The van der Waals surface area contributed by atoms with Crippen LogP contribution in [0.1, 0.15) is 10.4 Å². The van der Waals surface area contributed by atoms with Crippen molar-refractivity contribution in [3.05, 3.63) is 41.3 Å².